The zero-order chi connectivity index (χ0) is 22.2. The van der Waals surface area contributed by atoms with Crippen LogP contribution in [0.25, 0.3) is 16.9 Å². The molecule has 5 heterocycles. The predicted octanol–water partition coefficient (Wildman–Crippen LogP) is 4.90. The van der Waals surface area contributed by atoms with Crippen molar-refractivity contribution in [2.75, 3.05) is 25.0 Å². The van der Waals surface area contributed by atoms with Gasteiger partial charge in [-0.25, -0.2) is 9.97 Å². The number of hydrogen-bond donors (Lipinski definition) is 0. The Morgan fingerprint density at radius 2 is 1.91 bits per heavy atom. The Labute approximate surface area is 194 Å². The lowest BCUT2D eigenvalue weighted by molar-refractivity contribution is 0.207. The minimum absolute atomic E-state index is 0.322. The van der Waals surface area contributed by atoms with Gasteiger partial charge in [0.15, 0.2) is 0 Å². The molecule has 0 spiro atoms. The first kappa shape index (κ1) is 20.4. The highest BCUT2D eigenvalue weighted by molar-refractivity contribution is 5.67. The summed E-state index contributed by atoms with van der Waals surface area (Å²) in [6.07, 6.45) is 12.0. The maximum Gasteiger partial charge on any atom is 0.137 e. The molecule has 4 aromatic rings. The molecule has 0 amide bonds. The Bertz CT molecular complexity index is 1260. The molecule has 168 valence electrons. The molecule has 1 aliphatic carbocycles. The fourth-order valence-corrected chi connectivity index (χ4v) is 5.48. The Morgan fingerprint density at radius 1 is 1.00 bits per heavy atom. The molecular weight excluding hydrogens is 408 g/mol. The monoisotopic (exact) mass is 438 g/mol. The van der Waals surface area contributed by atoms with Gasteiger partial charge in [0.1, 0.15) is 11.5 Å². The van der Waals surface area contributed by atoms with E-state index in [0.29, 0.717) is 6.04 Å². The second-order valence-corrected chi connectivity index (χ2v) is 9.31. The van der Waals surface area contributed by atoms with E-state index >= 15 is 0 Å². The lowest BCUT2D eigenvalue weighted by Crippen LogP contribution is -2.28. The number of aromatic nitrogens is 4. The topological polar surface area (TPSA) is 49.6 Å². The van der Waals surface area contributed by atoms with Crippen molar-refractivity contribution in [3.8, 4) is 11.3 Å². The quantitative estimate of drug-likeness (QED) is 0.444. The van der Waals surface area contributed by atoms with Crippen LogP contribution in [0.4, 0.5) is 5.82 Å². The van der Waals surface area contributed by atoms with Gasteiger partial charge < -0.3 is 4.90 Å². The molecule has 0 aromatic carbocycles. The van der Waals surface area contributed by atoms with Crippen LogP contribution >= 0.6 is 0 Å². The summed E-state index contributed by atoms with van der Waals surface area (Å²) in [6, 6.07) is 15.2. The SMILES string of the molecule is CN(Cc1nc2ccccn2c1-c1ccc(N2CCCC2)nc1)[C@H]1CCCc2cccnc21. The van der Waals surface area contributed by atoms with Crippen molar-refractivity contribution in [2.45, 2.75) is 44.7 Å². The van der Waals surface area contributed by atoms with Crippen LogP contribution in [0.3, 0.4) is 0 Å². The van der Waals surface area contributed by atoms with Gasteiger partial charge in [0, 0.05) is 43.8 Å². The molecule has 1 fully saturated rings. The van der Waals surface area contributed by atoms with Gasteiger partial charge in [0.05, 0.1) is 23.1 Å². The number of hydrogen-bond acceptors (Lipinski definition) is 5. The van der Waals surface area contributed by atoms with E-state index in [0.717, 1.165) is 60.9 Å². The van der Waals surface area contributed by atoms with E-state index in [1.165, 1.54) is 30.5 Å². The molecule has 6 rings (SSSR count). The third kappa shape index (κ3) is 3.78. The standard InChI is InChI=1S/C27H30N6/c1-31(23-10-6-8-20-9-7-14-28-26(20)23)19-22-27(33-17-3-2-11-25(33)30-22)21-12-13-24(29-18-21)32-15-4-5-16-32/h2-3,7,9,11-14,17-18,23H,4-6,8,10,15-16,19H2,1H3/t23-/m0/s1. The summed E-state index contributed by atoms with van der Waals surface area (Å²) in [5.74, 6) is 1.08. The zero-order valence-electron chi connectivity index (χ0n) is 19.2. The van der Waals surface area contributed by atoms with Gasteiger partial charge in [0.25, 0.3) is 0 Å². The molecule has 0 radical (unpaired) electrons. The van der Waals surface area contributed by atoms with Gasteiger partial charge in [-0.15, -0.1) is 0 Å². The Morgan fingerprint density at radius 3 is 2.76 bits per heavy atom. The average molecular weight is 439 g/mol. The lowest BCUT2D eigenvalue weighted by Gasteiger charge is -2.32. The third-order valence-corrected chi connectivity index (χ3v) is 7.15. The van der Waals surface area contributed by atoms with Crippen LogP contribution in [0.15, 0.2) is 61.1 Å². The van der Waals surface area contributed by atoms with Crippen molar-refractivity contribution in [2.24, 2.45) is 0 Å². The fraction of sp³-hybridized carbons (Fsp3) is 0.370. The summed E-state index contributed by atoms with van der Waals surface area (Å²) < 4.78 is 2.20. The Balaban J connectivity index is 1.35. The van der Waals surface area contributed by atoms with E-state index in [9.17, 15) is 0 Å². The van der Waals surface area contributed by atoms with Gasteiger partial charge in [-0.1, -0.05) is 12.1 Å². The summed E-state index contributed by atoms with van der Waals surface area (Å²) in [5, 5.41) is 0. The number of imidazole rings is 1. The second kappa shape index (κ2) is 8.60. The van der Waals surface area contributed by atoms with Crippen LogP contribution in [-0.4, -0.2) is 44.4 Å². The molecule has 6 heteroatoms. The highest BCUT2D eigenvalue weighted by atomic mass is 15.2. The Hall–Kier alpha value is -3.25. The summed E-state index contributed by atoms with van der Waals surface area (Å²) >= 11 is 0. The third-order valence-electron chi connectivity index (χ3n) is 7.15. The van der Waals surface area contributed by atoms with Crippen LogP contribution in [0.5, 0.6) is 0 Å². The number of nitrogens with zero attached hydrogens (tertiary/aromatic N) is 6. The summed E-state index contributed by atoms with van der Waals surface area (Å²) in [6.45, 7) is 2.98. The summed E-state index contributed by atoms with van der Waals surface area (Å²) in [7, 11) is 2.21. The number of anilines is 1. The first-order chi connectivity index (χ1) is 16.3. The van der Waals surface area contributed by atoms with Crippen molar-refractivity contribution < 1.29 is 0 Å². The van der Waals surface area contributed by atoms with Crippen molar-refractivity contribution in [1.29, 1.82) is 0 Å². The van der Waals surface area contributed by atoms with Crippen molar-refractivity contribution in [3.63, 3.8) is 0 Å². The normalized spacial score (nSPS) is 18.2. The highest BCUT2D eigenvalue weighted by Crippen LogP contribution is 2.34. The number of fused-ring (bicyclic) bond motifs is 2. The maximum atomic E-state index is 5.04. The minimum atomic E-state index is 0.322. The van der Waals surface area contributed by atoms with Gasteiger partial charge >= 0.3 is 0 Å². The molecule has 1 atom stereocenters. The van der Waals surface area contributed by atoms with E-state index < -0.39 is 0 Å². The molecule has 1 aliphatic heterocycles. The predicted molar refractivity (Wildman–Crippen MR) is 131 cm³/mol. The first-order valence-corrected chi connectivity index (χ1v) is 12.1. The van der Waals surface area contributed by atoms with Crippen molar-refractivity contribution in [1.82, 2.24) is 24.3 Å². The van der Waals surface area contributed by atoms with E-state index in [1.807, 2.05) is 12.4 Å². The van der Waals surface area contributed by atoms with Crippen LogP contribution in [0.1, 0.15) is 48.7 Å². The molecule has 2 aliphatic rings. The van der Waals surface area contributed by atoms with Crippen LogP contribution < -0.4 is 4.90 Å². The molecule has 6 nitrogen and oxygen atoms in total. The smallest absolute Gasteiger partial charge is 0.137 e. The first-order valence-electron chi connectivity index (χ1n) is 12.1. The molecular formula is C27H30N6. The highest BCUT2D eigenvalue weighted by Gasteiger charge is 2.27. The van der Waals surface area contributed by atoms with Gasteiger partial charge in [-0.05, 0) is 75.0 Å². The molecule has 0 bridgehead atoms. The number of pyridine rings is 3. The molecule has 0 N–H and O–H groups in total. The number of rotatable bonds is 5. The molecule has 1 saturated heterocycles. The largest absolute Gasteiger partial charge is 0.357 e. The molecule has 4 aromatic heterocycles. The van der Waals surface area contributed by atoms with E-state index in [-0.39, 0.29) is 0 Å². The van der Waals surface area contributed by atoms with Gasteiger partial charge in [-0.3, -0.25) is 14.3 Å². The van der Waals surface area contributed by atoms with Crippen LogP contribution in [-0.2, 0) is 13.0 Å². The van der Waals surface area contributed by atoms with Crippen LogP contribution in [0.2, 0.25) is 0 Å². The molecule has 0 saturated carbocycles. The zero-order valence-corrected chi connectivity index (χ0v) is 19.2. The van der Waals surface area contributed by atoms with Gasteiger partial charge in [0.2, 0.25) is 0 Å². The summed E-state index contributed by atoms with van der Waals surface area (Å²) in [4.78, 5) is 19.4. The Kier molecular flexibility index (Phi) is 5.30. The minimum Gasteiger partial charge on any atom is -0.357 e. The van der Waals surface area contributed by atoms with Crippen molar-refractivity contribution in [3.05, 3.63) is 78.0 Å². The summed E-state index contributed by atoms with van der Waals surface area (Å²) in [5.41, 5.74) is 6.92. The van der Waals surface area contributed by atoms with E-state index in [1.54, 1.807) is 0 Å². The van der Waals surface area contributed by atoms with Gasteiger partial charge in [-0.2, -0.15) is 0 Å². The molecule has 33 heavy (non-hydrogen) atoms. The van der Waals surface area contributed by atoms with E-state index in [2.05, 4.69) is 69.9 Å². The number of aryl methyl sites for hydroxylation is 1. The lowest BCUT2D eigenvalue weighted by atomic mass is 9.91. The van der Waals surface area contributed by atoms with E-state index in [4.69, 9.17) is 15.0 Å². The average Bonchev–Trinajstić information content (AvgIpc) is 3.52. The molecule has 0 unspecified atom stereocenters. The maximum absolute atomic E-state index is 5.04. The van der Waals surface area contributed by atoms with Crippen LogP contribution in [0, 0.1) is 0 Å². The van der Waals surface area contributed by atoms with Crippen molar-refractivity contribution >= 4 is 11.5 Å². The fourth-order valence-electron chi connectivity index (χ4n) is 5.48. The second-order valence-electron chi connectivity index (χ2n) is 9.31.